The number of ether oxygens (including phenoxy) is 2. The number of amides is 1. The quantitative estimate of drug-likeness (QED) is 0.692. The summed E-state index contributed by atoms with van der Waals surface area (Å²) in [5, 5.41) is 3.04. The van der Waals surface area contributed by atoms with E-state index in [9.17, 15) is 4.79 Å². The summed E-state index contributed by atoms with van der Waals surface area (Å²) in [7, 11) is 0. The van der Waals surface area contributed by atoms with E-state index < -0.39 is 0 Å². The summed E-state index contributed by atoms with van der Waals surface area (Å²) in [5.41, 5.74) is -0.237. The minimum absolute atomic E-state index is 0.165. The Labute approximate surface area is 109 Å². The summed E-state index contributed by atoms with van der Waals surface area (Å²) in [6, 6.07) is 0. The van der Waals surface area contributed by atoms with Crippen LogP contribution in [0.15, 0.2) is 0 Å². The summed E-state index contributed by atoms with van der Waals surface area (Å²) in [6.45, 7) is 8.72. The number of nitrogens with zero attached hydrogens (tertiary/aromatic N) is 1. The highest BCUT2D eigenvalue weighted by molar-refractivity contribution is 5.83. The van der Waals surface area contributed by atoms with Crippen LogP contribution < -0.4 is 5.32 Å². The van der Waals surface area contributed by atoms with Crippen molar-refractivity contribution in [2.75, 3.05) is 52.6 Å². The van der Waals surface area contributed by atoms with Crippen LogP contribution in [-0.2, 0) is 14.3 Å². The van der Waals surface area contributed by atoms with Crippen molar-refractivity contribution in [2.45, 2.75) is 19.8 Å². The molecule has 5 nitrogen and oxygen atoms in total. The molecule has 104 valence electrons. The molecule has 0 aromatic rings. The van der Waals surface area contributed by atoms with Crippen LogP contribution >= 0.6 is 0 Å². The minimum atomic E-state index is -0.237. The summed E-state index contributed by atoms with van der Waals surface area (Å²) >= 11 is 0. The maximum absolute atomic E-state index is 12.0. The van der Waals surface area contributed by atoms with Gasteiger partial charge in [0, 0.05) is 19.6 Å². The largest absolute Gasteiger partial charge is 0.379 e. The summed E-state index contributed by atoms with van der Waals surface area (Å²) in [4.78, 5) is 14.4. The molecule has 0 unspecified atom stereocenters. The van der Waals surface area contributed by atoms with Gasteiger partial charge in [0.1, 0.15) is 0 Å². The smallest absolute Gasteiger partial charge is 0.230 e. The van der Waals surface area contributed by atoms with E-state index in [0.29, 0.717) is 13.2 Å². The van der Waals surface area contributed by atoms with Crippen molar-refractivity contribution in [1.29, 1.82) is 0 Å². The molecule has 2 fully saturated rings. The van der Waals surface area contributed by atoms with Crippen molar-refractivity contribution in [1.82, 2.24) is 10.2 Å². The van der Waals surface area contributed by atoms with Gasteiger partial charge in [0.15, 0.2) is 0 Å². The molecule has 1 amide bonds. The minimum Gasteiger partial charge on any atom is -0.379 e. The number of carbonyl (C=O) groups excluding carboxylic acids is 1. The highest BCUT2D eigenvalue weighted by Crippen LogP contribution is 2.31. The number of hydrogen-bond donors (Lipinski definition) is 1. The molecule has 0 aromatic carbocycles. The molecule has 0 radical (unpaired) electrons. The Morgan fingerprint density at radius 2 is 2.00 bits per heavy atom. The zero-order valence-electron chi connectivity index (χ0n) is 11.2. The first-order chi connectivity index (χ1) is 8.77. The lowest BCUT2D eigenvalue weighted by Crippen LogP contribution is -2.54. The van der Waals surface area contributed by atoms with Gasteiger partial charge >= 0.3 is 0 Å². The van der Waals surface area contributed by atoms with Crippen molar-refractivity contribution in [2.24, 2.45) is 5.41 Å². The third-order valence-corrected chi connectivity index (χ3v) is 3.96. The first-order valence-corrected chi connectivity index (χ1v) is 6.93. The molecule has 2 saturated heterocycles. The van der Waals surface area contributed by atoms with Gasteiger partial charge in [0.2, 0.25) is 5.91 Å². The molecule has 0 atom stereocenters. The van der Waals surface area contributed by atoms with Crippen LogP contribution in [0.1, 0.15) is 19.8 Å². The highest BCUT2D eigenvalue weighted by Gasteiger charge is 2.43. The van der Waals surface area contributed by atoms with Crippen molar-refractivity contribution >= 4 is 5.91 Å². The molecule has 0 aliphatic carbocycles. The molecular weight excluding hydrogens is 232 g/mol. The number of carbonyl (C=O) groups is 1. The molecule has 2 heterocycles. The molecule has 5 heteroatoms. The second-order valence-corrected chi connectivity index (χ2v) is 5.19. The normalized spacial score (nSPS) is 23.4. The van der Waals surface area contributed by atoms with E-state index >= 15 is 0 Å². The molecule has 18 heavy (non-hydrogen) atoms. The summed E-state index contributed by atoms with van der Waals surface area (Å²) in [5.74, 6) is 0.165. The molecule has 2 rings (SSSR count). The van der Waals surface area contributed by atoms with Crippen LogP contribution in [-0.4, -0.2) is 63.4 Å². The fourth-order valence-electron chi connectivity index (χ4n) is 2.36. The zero-order chi connectivity index (χ0) is 12.8. The topological polar surface area (TPSA) is 50.8 Å². The second-order valence-electron chi connectivity index (χ2n) is 5.19. The van der Waals surface area contributed by atoms with E-state index in [1.807, 2.05) is 0 Å². The Hall–Kier alpha value is -0.650. The monoisotopic (exact) mass is 256 g/mol. The van der Waals surface area contributed by atoms with Crippen LogP contribution in [0.3, 0.4) is 0 Å². The van der Waals surface area contributed by atoms with E-state index in [1.54, 1.807) is 0 Å². The average molecular weight is 256 g/mol. The van der Waals surface area contributed by atoms with Gasteiger partial charge in [-0.25, -0.2) is 0 Å². The van der Waals surface area contributed by atoms with Gasteiger partial charge in [-0.05, 0) is 19.4 Å². The summed E-state index contributed by atoms with van der Waals surface area (Å²) in [6.07, 6.45) is 1.87. The Bertz CT molecular complexity index is 268. The fraction of sp³-hybridized carbons (Fsp3) is 0.923. The van der Waals surface area contributed by atoms with Gasteiger partial charge in [-0.1, -0.05) is 6.92 Å². The Balaban J connectivity index is 1.58. The van der Waals surface area contributed by atoms with E-state index in [2.05, 4.69) is 17.1 Å². The van der Waals surface area contributed by atoms with Gasteiger partial charge in [0.25, 0.3) is 0 Å². The third-order valence-electron chi connectivity index (χ3n) is 3.96. The molecule has 1 N–H and O–H groups in total. The van der Waals surface area contributed by atoms with E-state index in [-0.39, 0.29) is 11.3 Å². The molecule has 2 aliphatic rings. The first-order valence-electron chi connectivity index (χ1n) is 6.93. The predicted octanol–water partition coefficient (Wildman–Crippen LogP) is 0.252. The van der Waals surface area contributed by atoms with Crippen molar-refractivity contribution in [3.8, 4) is 0 Å². The lowest BCUT2D eigenvalue weighted by atomic mass is 9.82. The number of hydrogen-bond acceptors (Lipinski definition) is 4. The number of morpholine rings is 1. The first kappa shape index (κ1) is 13.8. The van der Waals surface area contributed by atoms with Crippen LogP contribution in [0.25, 0.3) is 0 Å². The molecule has 0 aromatic heterocycles. The SMILES string of the molecule is CCC1(C(=O)NCCCN2CCOCC2)COC1. The number of rotatable bonds is 6. The van der Waals surface area contributed by atoms with E-state index in [1.165, 1.54) is 0 Å². The van der Waals surface area contributed by atoms with Gasteiger partial charge in [0.05, 0.1) is 31.8 Å². The maximum Gasteiger partial charge on any atom is 0.230 e. The van der Waals surface area contributed by atoms with Crippen LogP contribution in [0.2, 0.25) is 0 Å². The predicted molar refractivity (Wildman–Crippen MR) is 68.4 cm³/mol. The van der Waals surface area contributed by atoms with Gasteiger partial charge in [-0.3, -0.25) is 9.69 Å². The highest BCUT2D eigenvalue weighted by atomic mass is 16.5. The molecule has 2 aliphatic heterocycles. The lowest BCUT2D eigenvalue weighted by Gasteiger charge is -2.39. The summed E-state index contributed by atoms with van der Waals surface area (Å²) < 4.78 is 10.5. The van der Waals surface area contributed by atoms with Gasteiger partial charge in [-0.15, -0.1) is 0 Å². The van der Waals surface area contributed by atoms with Gasteiger partial charge in [-0.2, -0.15) is 0 Å². The van der Waals surface area contributed by atoms with Gasteiger partial charge < -0.3 is 14.8 Å². The molecule has 0 spiro atoms. The fourth-order valence-corrected chi connectivity index (χ4v) is 2.36. The van der Waals surface area contributed by atoms with E-state index in [4.69, 9.17) is 9.47 Å². The van der Waals surface area contributed by atoms with Crippen LogP contribution in [0.4, 0.5) is 0 Å². The third kappa shape index (κ3) is 3.22. The average Bonchev–Trinajstić information content (AvgIpc) is 2.35. The number of nitrogens with one attached hydrogen (secondary N) is 1. The zero-order valence-corrected chi connectivity index (χ0v) is 11.2. The lowest BCUT2D eigenvalue weighted by molar-refractivity contribution is -0.162. The van der Waals surface area contributed by atoms with Crippen LogP contribution in [0, 0.1) is 5.41 Å². The van der Waals surface area contributed by atoms with Crippen molar-refractivity contribution in [3.63, 3.8) is 0 Å². The van der Waals surface area contributed by atoms with Crippen LogP contribution in [0.5, 0.6) is 0 Å². The Morgan fingerprint density at radius 1 is 1.28 bits per heavy atom. The maximum atomic E-state index is 12.0. The Kier molecular flexibility index (Phi) is 4.97. The molecular formula is C13H24N2O3. The van der Waals surface area contributed by atoms with Crippen molar-refractivity contribution < 1.29 is 14.3 Å². The van der Waals surface area contributed by atoms with E-state index in [0.717, 1.165) is 52.2 Å². The molecule has 0 bridgehead atoms. The molecule has 0 saturated carbocycles. The van der Waals surface area contributed by atoms with Crippen molar-refractivity contribution in [3.05, 3.63) is 0 Å². The Morgan fingerprint density at radius 3 is 2.56 bits per heavy atom. The second kappa shape index (κ2) is 6.50. The standard InChI is InChI=1S/C13H24N2O3/c1-2-13(10-18-11-13)12(16)14-4-3-5-15-6-8-17-9-7-15/h2-11H2,1H3,(H,14,16).